The van der Waals surface area contributed by atoms with E-state index in [0.29, 0.717) is 46.8 Å². The number of aromatic amines is 1. The number of nitrogens with zero attached hydrogens (tertiary/aromatic N) is 3. The van der Waals surface area contributed by atoms with Gasteiger partial charge >= 0.3 is 5.97 Å². The number of hydrogen-bond acceptors (Lipinski definition) is 6. The minimum atomic E-state index is -1.06. The fraction of sp³-hybridized carbons (Fsp3) is 0.200. The summed E-state index contributed by atoms with van der Waals surface area (Å²) in [7, 11) is 0. The van der Waals surface area contributed by atoms with Crippen LogP contribution in [0.3, 0.4) is 0 Å². The molecule has 2 aromatic carbocycles. The first-order valence-corrected chi connectivity index (χ1v) is 11.0. The van der Waals surface area contributed by atoms with Crippen LogP contribution in [0, 0.1) is 0 Å². The second-order valence-corrected chi connectivity index (χ2v) is 7.87. The lowest BCUT2D eigenvalue weighted by molar-refractivity contribution is -0.253. The van der Waals surface area contributed by atoms with Crippen LogP contribution in [0.15, 0.2) is 64.0 Å². The highest BCUT2D eigenvalue weighted by molar-refractivity contribution is 6.32. The van der Waals surface area contributed by atoms with Crippen LogP contribution in [0.2, 0.25) is 0 Å². The molecule has 0 saturated carbocycles. The molecule has 0 radical (unpaired) electrons. The third-order valence-corrected chi connectivity index (χ3v) is 5.72. The average molecular weight is 476 g/mol. The topological polar surface area (TPSA) is 137 Å². The van der Waals surface area contributed by atoms with Gasteiger partial charge in [0.25, 0.3) is 11.5 Å². The van der Waals surface area contributed by atoms with E-state index < -0.39 is 11.9 Å². The SMILES string of the molecule is CCC1=NN(c2ccc(C(=O)O)cc2)C(=O)C1=Cc1c(CC)[nH]n(-c2ccc(COO)cc2)c1=O. The van der Waals surface area contributed by atoms with Gasteiger partial charge in [-0.2, -0.15) is 10.1 Å². The highest BCUT2D eigenvalue weighted by atomic mass is 17.1. The Kier molecular flexibility index (Phi) is 6.76. The summed E-state index contributed by atoms with van der Waals surface area (Å²) >= 11 is 0. The van der Waals surface area contributed by atoms with Crippen LogP contribution in [-0.2, 0) is 22.7 Å². The van der Waals surface area contributed by atoms with Crippen molar-refractivity contribution >= 4 is 29.4 Å². The van der Waals surface area contributed by atoms with Crippen LogP contribution < -0.4 is 10.6 Å². The number of aromatic carboxylic acids is 1. The molecule has 0 fully saturated rings. The van der Waals surface area contributed by atoms with Crippen LogP contribution in [0.25, 0.3) is 11.8 Å². The molecule has 1 aromatic heterocycles. The summed E-state index contributed by atoms with van der Waals surface area (Å²) in [6, 6.07) is 12.8. The monoisotopic (exact) mass is 476 g/mol. The van der Waals surface area contributed by atoms with Gasteiger partial charge in [-0.15, -0.1) is 0 Å². The second kappa shape index (κ2) is 9.92. The smallest absolute Gasteiger partial charge is 0.335 e. The maximum absolute atomic E-state index is 13.3. The molecule has 4 rings (SSSR count). The van der Waals surface area contributed by atoms with E-state index in [-0.39, 0.29) is 17.7 Å². The lowest BCUT2D eigenvalue weighted by Gasteiger charge is -2.11. The molecule has 0 atom stereocenters. The van der Waals surface area contributed by atoms with Crippen molar-refractivity contribution in [2.45, 2.75) is 33.3 Å². The summed E-state index contributed by atoms with van der Waals surface area (Å²) < 4.78 is 1.40. The van der Waals surface area contributed by atoms with E-state index in [9.17, 15) is 14.4 Å². The zero-order valence-electron chi connectivity index (χ0n) is 19.2. The van der Waals surface area contributed by atoms with Crippen LogP contribution in [0.1, 0.15) is 47.4 Å². The Hall–Kier alpha value is -4.28. The number of aryl methyl sites for hydroxylation is 1. The normalized spacial score (nSPS) is 14.6. The number of benzene rings is 2. The maximum Gasteiger partial charge on any atom is 0.335 e. The zero-order chi connectivity index (χ0) is 25.1. The first kappa shape index (κ1) is 23.9. The number of carboxylic acids is 1. The number of rotatable bonds is 8. The predicted molar refractivity (Wildman–Crippen MR) is 130 cm³/mol. The average Bonchev–Trinajstić information content (AvgIpc) is 3.36. The Morgan fingerprint density at radius 1 is 1.03 bits per heavy atom. The zero-order valence-corrected chi connectivity index (χ0v) is 19.2. The number of H-pyrrole nitrogens is 1. The molecular formula is C25H24N4O6. The largest absolute Gasteiger partial charge is 0.478 e. The summed E-state index contributed by atoms with van der Waals surface area (Å²) in [6.45, 7) is 3.81. The first-order valence-electron chi connectivity index (χ1n) is 11.0. The van der Waals surface area contributed by atoms with Gasteiger partial charge in [-0.25, -0.2) is 14.4 Å². The van der Waals surface area contributed by atoms with Gasteiger partial charge in [0, 0.05) is 5.69 Å². The van der Waals surface area contributed by atoms with Crippen molar-refractivity contribution in [2.24, 2.45) is 5.10 Å². The summed E-state index contributed by atoms with van der Waals surface area (Å²) in [5, 5.41) is 26.5. The molecule has 2 heterocycles. The van der Waals surface area contributed by atoms with Gasteiger partial charge in [0.1, 0.15) is 6.61 Å². The van der Waals surface area contributed by atoms with E-state index >= 15 is 0 Å². The van der Waals surface area contributed by atoms with Crippen molar-refractivity contribution in [3.8, 4) is 5.69 Å². The summed E-state index contributed by atoms with van der Waals surface area (Å²) in [5.74, 6) is -1.46. The molecule has 0 bridgehead atoms. The van der Waals surface area contributed by atoms with Crippen LogP contribution in [0.5, 0.6) is 0 Å². The molecule has 3 aromatic rings. The Balaban J connectivity index is 1.71. The predicted octanol–water partition coefficient (Wildman–Crippen LogP) is 3.61. The number of anilines is 1. The summed E-state index contributed by atoms with van der Waals surface area (Å²) in [4.78, 5) is 41.8. The van der Waals surface area contributed by atoms with Crippen molar-refractivity contribution in [2.75, 3.05) is 5.01 Å². The van der Waals surface area contributed by atoms with Crippen molar-refractivity contribution in [3.05, 3.63) is 86.8 Å². The Morgan fingerprint density at radius 2 is 1.69 bits per heavy atom. The fourth-order valence-corrected chi connectivity index (χ4v) is 3.84. The Bertz CT molecular complexity index is 1380. The van der Waals surface area contributed by atoms with Gasteiger partial charge < -0.3 is 5.11 Å². The van der Waals surface area contributed by atoms with E-state index in [2.05, 4.69) is 15.1 Å². The molecule has 1 amide bonds. The highest BCUT2D eigenvalue weighted by Gasteiger charge is 2.31. The second-order valence-electron chi connectivity index (χ2n) is 7.87. The van der Waals surface area contributed by atoms with Crippen molar-refractivity contribution in [1.82, 2.24) is 9.78 Å². The minimum absolute atomic E-state index is 0.0360. The maximum atomic E-state index is 13.3. The van der Waals surface area contributed by atoms with Gasteiger partial charge in [-0.1, -0.05) is 26.0 Å². The number of hydrazone groups is 1. The van der Waals surface area contributed by atoms with Gasteiger partial charge in [0.2, 0.25) is 0 Å². The molecule has 0 spiro atoms. The van der Waals surface area contributed by atoms with Gasteiger partial charge in [-0.3, -0.25) is 19.9 Å². The van der Waals surface area contributed by atoms with Crippen molar-refractivity contribution in [3.63, 3.8) is 0 Å². The van der Waals surface area contributed by atoms with E-state index in [1.807, 2.05) is 13.8 Å². The summed E-state index contributed by atoms with van der Waals surface area (Å²) in [6.07, 6.45) is 2.57. The standard InChI is InChI=1S/C25H24N4O6/c1-3-21-19(23(30)28(26-21)17-9-5-15(6-10-17)14-35-34)13-20-22(4-2)27-29(24(20)31)18-11-7-16(8-12-18)25(32)33/h5-13,26,34H,3-4,14H2,1-2H3,(H,32,33). The molecule has 0 unspecified atom stereocenters. The third-order valence-electron chi connectivity index (χ3n) is 5.72. The lowest BCUT2D eigenvalue weighted by Crippen LogP contribution is -2.22. The van der Waals surface area contributed by atoms with E-state index in [1.165, 1.54) is 34.0 Å². The molecule has 1 aliphatic heterocycles. The van der Waals surface area contributed by atoms with E-state index in [4.69, 9.17) is 10.4 Å². The molecule has 0 saturated heterocycles. The number of hydrogen-bond donors (Lipinski definition) is 3. The van der Waals surface area contributed by atoms with Crippen LogP contribution >= 0.6 is 0 Å². The number of nitrogens with one attached hydrogen (secondary N) is 1. The van der Waals surface area contributed by atoms with Crippen LogP contribution in [0.4, 0.5) is 5.69 Å². The van der Waals surface area contributed by atoms with Gasteiger partial charge in [-0.05, 0) is 60.9 Å². The molecular weight excluding hydrogens is 452 g/mol. The molecule has 10 heteroatoms. The van der Waals surface area contributed by atoms with Crippen molar-refractivity contribution < 1.29 is 24.8 Å². The van der Waals surface area contributed by atoms with Gasteiger partial charge in [0.05, 0.1) is 33.8 Å². The number of carboxylic acid groups (broad SMARTS) is 1. The summed E-state index contributed by atoms with van der Waals surface area (Å²) in [5.41, 5.74) is 3.43. The Morgan fingerprint density at radius 3 is 2.26 bits per heavy atom. The number of aromatic nitrogens is 2. The molecule has 3 N–H and O–H groups in total. The van der Waals surface area contributed by atoms with E-state index in [0.717, 1.165) is 5.56 Å². The van der Waals surface area contributed by atoms with Gasteiger partial charge in [0.15, 0.2) is 0 Å². The number of carbonyl (C=O) groups is 2. The molecule has 180 valence electrons. The van der Waals surface area contributed by atoms with E-state index in [1.54, 1.807) is 30.3 Å². The minimum Gasteiger partial charge on any atom is -0.478 e. The lowest BCUT2D eigenvalue weighted by atomic mass is 10.0. The quantitative estimate of drug-likeness (QED) is 0.258. The van der Waals surface area contributed by atoms with Crippen LogP contribution in [-0.4, -0.2) is 37.7 Å². The molecule has 0 aliphatic carbocycles. The highest BCUT2D eigenvalue weighted by Crippen LogP contribution is 2.27. The third kappa shape index (κ3) is 4.57. The number of carbonyl (C=O) groups excluding carboxylic acids is 1. The first-order chi connectivity index (χ1) is 16.9. The Labute approximate surface area is 200 Å². The van der Waals surface area contributed by atoms with Crippen molar-refractivity contribution in [1.29, 1.82) is 0 Å². The molecule has 35 heavy (non-hydrogen) atoms. The fourth-order valence-electron chi connectivity index (χ4n) is 3.84. The number of amides is 1. The molecule has 10 nitrogen and oxygen atoms in total. The molecule has 1 aliphatic rings.